The first kappa shape index (κ1) is 14.0. The predicted octanol–water partition coefficient (Wildman–Crippen LogP) is 1.89. The molecule has 3 N–H and O–H groups in total. The third-order valence-electron chi connectivity index (χ3n) is 3.60. The van der Waals surface area contributed by atoms with Crippen LogP contribution in [-0.2, 0) is 16.1 Å². The highest BCUT2D eigenvalue weighted by molar-refractivity contribution is 5.81. The summed E-state index contributed by atoms with van der Waals surface area (Å²) >= 11 is 0. The Kier molecular flexibility index (Phi) is 4.56. The maximum absolute atomic E-state index is 12.0. The monoisotopic (exact) mass is 262 g/mol. The summed E-state index contributed by atoms with van der Waals surface area (Å²) in [7, 11) is 0. The van der Waals surface area contributed by atoms with Crippen LogP contribution in [0.3, 0.4) is 0 Å². The molecule has 4 heteroatoms. The number of amides is 1. The van der Waals surface area contributed by atoms with Crippen molar-refractivity contribution in [1.82, 2.24) is 5.32 Å². The fourth-order valence-electron chi connectivity index (χ4n) is 2.33. The van der Waals surface area contributed by atoms with Gasteiger partial charge in [-0.1, -0.05) is 24.3 Å². The van der Waals surface area contributed by atoms with E-state index in [1.165, 1.54) is 0 Å². The molecule has 1 aliphatic heterocycles. The van der Waals surface area contributed by atoms with E-state index in [9.17, 15) is 4.79 Å². The van der Waals surface area contributed by atoms with Crippen molar-refractivity contribution in [2.45, 2.75) is 51.5 Å². The molecule has 3 unspecified atom stereocenters. The van der Waals surface area contributed by atoms with Crippen molar-refractivity contribution in [3.63, 3.8) is 0 Å². The lowest BCUT2D eigenvalue weighted by Crippen LogP contribution is -2.36. The SMILES string of the molecule is CC1CCC(C(=O)NC(C)c2ccc(CN)cc2)O1. The summed E-state index contributed by atoms with van der Waals surface area (Å²) < 4.78 is 5.57. The average molecular weight is 262 g/mol. The molecule has 0 spiro atoms. The lowest BCUT2D eigenvalue weighted by atomic mass is 10.1. The van der Waals surface area contributed by atoms with E-state index >= 15 is 0 Å². The van der Waals surface area contributed by atoms with Gasteiger partial charge >= 0.3 is 0 Å². The van der Waals surface area contributed by atoms with E-state index < -0.39 is 0 Å². The third-order valence-corrected chi connectivity index (χ3v) is 3.60. The molecule has 1 aromatic rings. The summed E-state index contributed by atoms with van der Waals surface area (Å²) in [5, 5.41) is 3.00. The Morgan fingerprint density at radius 3 is 2.63 bits per heavy atom. The molecular weight excluding hydrogens is 240 g/mol. The van der Waals surface area contributed by atoms with Gasteiger partial charge in [-0.2, -0.15) is 0 Å². The van der Waals surface area contributed by atoms with Gasteiger partial charge in [0.1, 0.15) is 6.10 Å². The lowest BCUT2D eigenvalue weighted by Gasteiger charge is -2.18. The Morgan fingerprint density at radius 1 is 1.42 bits per heavy atom. The van der Waals surface area contributed by atoms with Crippen LogP contribution in [-0.4, -0.2) is 18.1 Å². The zero-order valence-electron chi connectivity index (χ0n) is 11.6. The number of nitrogens with two attached hydrogens (primary N) is 1. The van der Waals surface area contributed by atoms with Crippen LogP contribution in [0.15, 0.2) is 24.3 Å². The molecule has 4 nitrogen and oxygen atoms in total. The summed E-state index contributed by atoms with van der Waals surface area (Å²) in [6.45, 7) is 4.52. The van der Waals surface area contributed by atoms with Gasteiger partial charge < -0.3 is 15.8 Å². The van der Waals surface area contributed by atoms with Crippen molar-refractivity contribution in [3.05, 3.63) is 35.4 Å². The highest BCUT2D eigenvalue weighted by Crippen LogP contribution is 2.20. The normalized spacial score (nSPS) is 24.2. The number of carbonyl (C=O) groups excluding carboxylic acids is 1. The molecule has 19 heavy (non-hydrogen) atoms. The molecule has 0 saturated carbocycles. The van der Waals surface area contributed by atoms with Gasteiger partial charge in [-0.05, 0) is 37.8 Å². The molecular formula is C15H22N2O2. The fraction of sp³-hybridized carbons (Fsp3) is 0.533. The van der Waals surface area contributed by atoms with Crippen molar-refractivity contribution in [2.75, 3.05) is 0 Å². The Hall–Kier alpha value is -1.39. The molecule has 1 heterocycles. The van der Waals surface area contributed by atoms with Crippen molar-refractivity contribution in [3.8, 4) is 0 Å². The second kappa shape index (κ2) is 6.17. The molecule has 0 bridgehead atoms. The Bertz CT molecular complexity index is 430. The van der Waals surface area contributed by atoms with Gasteiger partial charge in [0.15, 0.2) is 0 Å². The number of hydrogen-bond acceptors (Lipinski definition) is 3. The molecule has 1 amide bonds. The minimum absolute atomic E-state index is 0.0141. The summed E-state index contributed by atoms with van der Waals surface area (Å²) in [6, 6.07) is 7.98. The van der Waals surface area contributed by atoms with Crippen LogP contribution in [0.5, 0.6) is 0 Å². The number of carbonyl (C=O) groups is 1. The lowest BCUT2D eigenvalue weighted by molar-refractivity contribution is -0.132. The van der Waals surface area contributed by atoms with Crippen molar-refractivity contribution in [1.29, 1.82) is 0 Å². The number of nitrogens with one attached hydrogen (secondary N) is 1. The van der Waals surface area contributed by atoms with E-state index in [1.807, 2.05) is 38.1 Å². The predicted molar refractivity (Wildman–Crippen MR) is 74.5 cm³/mol. The van der Waals surface area contributed by atoms with Gasteiger partial charge in [-0.15, -0.1) is 0 Å². The quantitative estimate of drug-likeness (QED) is 0.871. The topological polar surface area (TPSA) is 64.4 Å². The minimum Gasteiger partial charge on any atom is -0.365 e. The maximum atomic E-state index is 12.0. The Morgan fingerprint density at radius 2 is 2.11 bits per heavy atom. The van der Waals surface area contributed by atoms with Crippen molar-refractivity contribution < 1.29 is 9.53 Å². The van der Waals surface area contributed by atoms with Crippen LogP contribution < -0.4 is 11.1 Å². The van der Waals surface area contributed by atoms with Gasteiger partial charge in [0.25, 0.3) is 0 Å². The molecule has 0 radical (unpaired) electrons. The first-order valence-corrected chi connectivity index (χ1v) is 6.85. The zero-order chi connectivity index (χ0) is 13.8. The summed E-state index contributed by atoms with van der Waals surface area (Å²) in [5.74, 6) is -0.0141. The highest BCUT2D eigenvalue weighted by atomic mass is 16.5. The van der Waals surface area contributed by atoms with Crippen LogP contribution in [0.1, 0.15) is 43.9 Å². The van der Waals surface area contributed by atoms with Gasteiger partial charge in [0.05, 0.1) is 12.1 Å². The number of ether oxygens (including phenoxy) is 1. The highest BCUT2D eigenvalue weighted by Gasteiger charge is 2.28. The fourth-order valence-corrected chi connectivity index (χ4v) is 2.33. The summed E-state index contributed by atoms with van der Waals surface area (Å²) in [5.41, 5.74) is 7.74. The molecule has 1 fully saturated rings. The van der Waals surface area contributed by atoms with Crippen LogP contribution in [0.25, 0.3) is 0 Å². The van der Waals surface area contributed by atoms with Crippen LogP contribution >= 0.6 is 0 Å². The Labute approximate surface area is 114 Å². The third kappa shape index (κ3) is 3.55. The molecule has 2 rings (SSSR count). The van der Waals surface area contributed by atoms with E-state index in [1.54, 1.807) is 0 Å². The molecule has 1 aromatic carbocycles. The second-order valence-electron chi connectivity index (χ2n) is 5.19. The second-order valence-corrected chi connectivity index (χ2v) is 5.19. The van der Waals surface area contributed by atoms with E-state index in [-0.39, 0.29) is 24.2 Å². The van der Waals surface area contributed by atoms with Gasteiger partial charge in [0, 0.05) is 6.54 Å². The molecule has 3 atom stereocenters. The molecule has 0 aromatic heterocycles. The zero-order valence-corrected chi connectivity index (χ0v) is 11.6. The van der Waals surface area contributed by atoms with E-state index in [0.29, 0.717) is 6.54 Å². The van der Waals surface area contributed by atoms with E-state index in [2.05, 4.69) is 5.32 Å². The van der Waals surface area contributed by atoms with Crippen LogP contribution in [0.4, 0.5) is 0 Å². The number of rotatable bonds is 4. The number of benzene rings is 1. The van der Waals surface area contributed by atoms with Crippen molar-refractivity contribution in [2.24, 2.45) is 5.73 Å². The summed E-state index contributed by atoms with van der Waals surface area (Å²) in [6.07, 6.45) is 1.67. The van der Waals surface area contributed by atoms with Crippen LogP contribution in [0, 0.1) is 0 Å². The standard InChI is InChI=1S/C15H22N2O2/c1-10-3-8-14(19-10)15(18)17-11(2)13-6-4-12(9-16)5-7-13/h4-7,10-11,14H,3,8-9,16H2,1-2H3,(H,17,18). The molecule has 0 aliphatic carbocycles. The molecule has 104 valence electrons. The van der Waals surface area contributed by atoms with Gasteiger partial charge in [-0.3, -0.25) is 4.79 Å². The smallest absolute Gasteiger partial charge is 0.249 e. The van der Waals surface area contributed by atoms with Crippen LogP contribution in [0.2, 0.25) is 0 Å². The molecule has 1 aliphatic rings. The Balaban J connectivity index is 1.92. The first-order chi connectivity index (χ1) is 9.10. The average Bonchev–Trinajstić information content (AvgIpc) is 2.85. The van der Waals surface area contributed by atoms with E-state index in [4.69, 9.17) is 10.5 Å². The number of hydrogen-bond donors (Lipinski definition) is 2. The molecule has 1 saturated heterocycles. The van der Waals surface area contributed by atoms with Gasteiger partial charge in [-0.25, -0.2) is 0 Å². The van der Waals surface area contributed by atoms with E-state index in [0.717, 1.165) is 24.0 Å². The minimum atomic E-state index is -0.291. The summed E-state index contributed by atoms with van der Waals surface area (Å²) in [4.78, 5) is 12.0. The van der Waals surface area contributed by atoms with Gasteiger partial charge in [0.2, 0.25) is 5.91 Å². The first-order valence-electron chi connectivity index (χ1n) is 6.85. The maximum Gasteiger partial charge on any atom is 0.249 e. The largest absolute Gasteiger partial charge is 0.365 e. The van der Waals surface area contributed by atoms with Crippen molar-refractivity contribution >= 4 is 5.91 Å².